The molecule has 150 valence electrons. The molecule has 0 fully saturated rings. The van der Waals surface area contributed by atoms with Crippen molar-refractivity contribution in [2.45, 2.75) is 78.1 Å². The number of rotatable bonds is 16. The maximum atomic E-state index is 11.6. The van der Waals surface area contributed by atoms with Gasteiger partial charge in [0.15, 0.2) is 0 Å². The van der Waals surface area contributed by atoms with Crippen LogP contribution >= 0.6 is 0 Å². The quantitative estimate of drug-likeness (QED) is 0.213. The molecule has 0 N–H and O–H groups in total. The Hall–Kier alpha value is -0.350. The van der Waals surface area contributed by atoms with E-state index in [9.17, 15) is 4.79 Å². The van der Waals surface area contributed by atoms with E-state index in [1.54, 1.807) is 6.92 Å². The molecule has 0 bridgehead atoms. The van der Waals surface area contributed by atoms with E-state index in [4.69, 9.17) is 0 Å². The predicted molar refractivity (Wildman–Crippen MR) is 106 cm³/mol. The van der Waals surface area contributed by atoms with Crippen molar-refractivity contribution < 1.29 is 26.3 Å². The van der Waals surface area contributed by atoms with Crippen molar-refractivity contribution in [3.8, 4) is 0 Å². The molecular weight excluding hydrogens is 376 g/mol. The first-order valence-electron chi connectivity index (χ1n) is 10.1. The van der Waals surface area contributed by atoms with E-state index in [-0.39, 0.29) is 22.9 Å². The number of carbonyl (C=O) groups is 1. The van der Waals surface area contributed by atoms with Gasteiger partial charge in [0, 0.05) is 13.5 Å². The number of quaternary nitrogens is 1. The summed E-state index contributed by atoms with van der Waals surface area (Å²) in [6, 6.07) is 0. The zero-order chi connectivity index (χ0) is 18.3. The van der Waals surface area contributed by atoms with Crippen LogP contribution in [-0.4, -0.2) is 55.6 Å². The summed E-state index contributed by atoms with van der Waals surface area (Å²) in [6.07, 6.45) is 15.7. The fraction of sp³-hybridized carbons (Fsp3) is 0.857. The normalized spacial score (nSPS) is 11.0. The van der Waals surface area contributed by atoms with Gasteiger partial charge in [0.25, 0.3) is 0 Å². The number of halogens is 1. The fourth-order valence-corrected chi connectivity index (χ4v) is 3.06. The standard InChI is InChI=1S/C21H43N2O.BrH/c1-6-8-9-10-11-12-13-14-15-16-19-23(4,5)20-18-22(17-7-2)21(3)24;/h7H,2,6,8-20H2,1,3-5H3;1H/q+1;/p-1. The van der Waals surface area contributed by atoms with Crippen molar-refractivity contribution in [1.29, 1.82) is 0 Å². The number of hydrogen-bond donors (Lipinski definition) is 0. The minimum absolute atomic E-state index is 0. The molecule has 4 heteroatoms. The number of nitrogens with zero attached hydrogens (tertiary/aromatic N) is 2. The van der Waals surface area contributed by atoms with Gasteiger partial charge in [-0.25, -0.2) is 0 Å². The van der Waals surface area contributed by atoms with Crippen molar-refractivity contribution in [3.05, 3.63) is 12.7 Å². The molecule has 0 aliphatic heterocycles. The molecule has 3 nitrogen and oxygen atoms in total. The van der Waals surface area contributed by atoms with Gasteiger partial charge in [0.1, 0.15) is 0 Å². The van der Waals surface area contributed by atoms with E-state index < -0.39 is 0 Å². The molecule has 0 saturated heterocycles. The van der Waals surface area contributed by atoms with E-state index >= 15 is 0 Å². The molecular formula is C21H43BrN2O. The van der Waals surface area contributed by atoms with Crippen LogP contribution in [0.4, 0.5) is 0 Å². The Morgan fingerprint density at radius 3 is 1.84 bits per heavy atom. The monoisotopic (exact) mass is 418 g/mol. The average Bonchev–Trinajstić information content (AvgIpc) is 2.53. The molecule has 0 aliphatic rings. The van der Waals surface area contributed by atoms with Crippen LogP contribution in [-0.2, 0) is 4.79 Å². The Morgan fingerprint density at radius 1 is 0.920 bits per heavy atom. The second-order valence-corrected chi connectivity index (χ2v) is 7.82. The van der Waals surface area contributed by atoms with Crippen LogP contribution in [0.1, 0.15) is 78.1 Å². The molecule has 0 aromatic heterocycles. The highest BCUT2D eigenvalue weighted by atomic mass is 79.9. The van der Waals surface area contributed by atoms with Gasteiger partial charge in [0.2, 0.25) is 5.91 Å². The zero-order valence-corrected chi connectivity index (χ0v) is 19.0. The Morgan fingerprint density at radius 2 is 1.40 bits per heavy atom. The maximum absolute atomic E-state index is 11.6. The molecule has 0 saturated carbocycles. The van der Waals surface area contributed by atoms with E-state index in [0.717, 1.165) is 17.6 Å². The lowest BCUT2D eigenvalue weighted by Crippen LogP contribution is -3.00. The highest BCUT2D eigenvalue weighted by Crippen LogP contribution is 2.11. The smallest absolute Gasteiger partial charge is 0.219 e. The van der Waals surface area contributed by atoms with Gasteiger partial charge in [0.05, 0.1) is 33.7 Å². The Kier molecular flexibility index (Phi) is 18.4. The van der Waals surface area contributed by atoms with Crippen molar-refractivity contribution >= 4 is 5.91 Å². The first-order valence-corrected chi connectivity index (χ1v) is 10.1. The van der Waals surface area contributed by atoms with Crippen LogP contribution in [0.25, 0.3) is 0 Å². The van der Waals surface area contributed by atoms with Gasteiger partial charge >= 0.3 is 0 Å². The molecule has 0 aromatic rings. The second kappa shape index (κ2) is 17.1. The third-order valence-corrected chi connectivity index (χ3v) is 4.89. The average molecular weight is 419 g/mol. The fourth-order valence-electron chi connectivity index (χ4n) is 3.06. The number of amides is 1. The maximum Gasteiger partial charge on any atom is 0.219 e. The largest absolute Gasteiger partial charge is 1.00 e. The van der Waals surface area contributed by atoms with E-state index in [2.05, 4.69) is 27.6 Å². The summed E-state index contributed by atoms with van der Waals surface area (Å²) in [5.74, 6) is 0.147. The Balaban J connectivity index is 0. The van der Waals surface area contributed by atoms with E-state index in [0.29, 0.717) is 6.54 Å². The number of likely N-dealkylation sites (N-methyl/N-ethyl adjacent to an activating group) is 1. The van der Waals surface area contributed by atoms with Gasteiger partial charge in [-0.15, -0.1) is 6.58 Å². The van der Waals surface area contributed by atoms with Crippen molar-refractivity contribution in [2.75, 3.05) is 40.3 Å². The Labute approximate surface area is 168 Å². The molecule has 0 radical (unpaired) electrons. The van der Waals surface area contributed by atoms with Crippen LogP contribution < -0.4 is 17.0 Å². The molecule has 0 heterocycles. The zero-order valence-electron chi connectivity index (χ0n) is 17.4. The summed E-state index contributed by atoms with van der Waals surface area (Å²) < 4.78 is 0.998. The number of hydrogen-bond acceptors (Lipinski definition) is 1. The summed E-state index contributed by atoms with van der Waals surface area (Å²) in [7, 11) is 4.56. The summed E-state index contributed by atoms with van der Waals surface area (Å²) in [4.78, 5) is 13.4. The highest BCUT2D eigenvalue weighted by Gasteiger charge is 2.17. The first-order chi connectivity index (χ1) is 11.4. The van der Waals surface area contributed by atoms with Crippen LogP contribution in [0.15, 0.2) is 12.7 Å². The molecule has 1 amide bonds. The van der Waals surface area contributed by atoms with Crippen LogP contribution in [0.3, 0.4) is 0 Å². The molecule has 0 aromatic carbocycles. The topological polar surface area (TPSA) is 20.3 Å². The number of carbonyl (C=O) groups excluding carboxylic acids is 1. The lowest BCUT2D eigenvalue weighted by molar-refractivity contribution is -0.889. The summed E-state index contributed by atoms with van der Waals surface area (Å²) in [5, 5.41) is 0. The minimum Gasteiger partial charge on any atom is -1.00 e. The van der Waals surface area contributed by atoms with Gasteiger partial charge in [-0.3, -0.25) is 4.79 Å². The molecule has 0 unspecified atom stereocenters. The van der Waals surface area contributed by atoms with Gasteiger partial charge in [-0.1, -0.05) is 64.4 Å². The summed E-state index contributed by atoms with van der Waals surface area (Å²) in [6.45, 7) is 11.4. The minimum atomic E-state index is 0. The third-order valence-electron chi connectivity index (χ3n) is 4.89. The molecule has 25 heavy (non-hydrogen) atoms. The van der Waals surface area contributed by atoms with Crippen molar-refractivity contribution in [3.63, 3.8) is 0 Å². The summed E-state index contributed by atoms with van der Waals surface area (Å²) in [5.41, 5.74) is 0. The SMILES string of the molecule is C=CCN(CC[N+](C)(C)CCCCCCCCCCCC)C(C)=O.[Br-]. The van der Waals surface area contributed by atoms with Gasteiger partial charge in [-0.05, 0) is 12.8 Å². The van der Waals surface area contributed by atoms with Crippen LogP contribution in [0.5, 0.6) is 0 Å². The molecule has 0 spiro atoms. The summed E-state index contributed by atoms with van der Waals surface area (Å²) >= 11 is 0. The van der Waals surface area contributed by atoms with Crippen molar-refractivity contribution in [1.82, 2.24) is 4.90 Å². The first kappa shape index (κ1) is 26.9. The van der Waals surface area contributed by atoms with Crippen LogP contribution in [0, 0.1) is 0 Å². The van der Waals surface area contributed by atoms with Gasteiger partial charge < -0.3 is 26.4 Å². The van der Waals surface area contributed by atoms with E-state index in [1.807, 2.05) is 11.0 Å². The lowest BCUT2D eigenvalue weighted by Gasteiger charge is -2.32. The number of unbranched alkanes of at least 4 members (excludes halogenated alkanes) is 9. The van der Waals surface area contributed by atoms with Gasteiger partial charge in [-0.2, -0.15) is 0 Å². The third kappa shape index (κ3) is 16.8. The lowest BCUT2D eigenvalue weighted by atomic mass is 10.1. The predicted octanol–water partition coefficient (Wildman–Crippen LogP) is 2.02. The molecule has 0 atom stereocenters. The van der Waals surface area contributed by atoms with Crippen molar-refractivity contribution in [2.24, 2.45) is 0 Å². The molecule has 0 rings (SSSR count). The molecule has 0 aliphatic carbocycles. The second-order valence-electron chi connectivity index (χ2n) is 7.82. The Bertz CT molecular complexity index is 332. The van der Waals surface area contributed by atoms with Crippen LogP contribution in [0.2, 0.25) is 0 Å². The van der Waals surface area contributed by atoms with E-state index in [1.165, 1.54) is 70.8 Å². The highest BCUT2D eigenvalue weighted by molar-refractivity contribution is 5.73.